The van der Waals surface area contributed by atoms with Gasteiger partial charge in [-0.15, -0.1) is 0 Å². The molecular formula is C30H41N. The summed E-state index contributed by atoms with van der Waals surface area (Å²) < 4.78 is 0. The molecule has 1 nitrogen and oxygen atoms in total. The summed E-state index contributed by atoms with van der Waals surface area (Å²) >= 11 is 0. The molecule has 0 aliphatic rings. The summed E-state index contributed by atoms with van der Waals surface area (Å²) in [5, 5.41) is 2.59. The average Bonchev–Trinajstić information content (AvgIpc) is 2.73. The maximum Gasteiger partial charge on any atom is 0.0346 e. The molecule has 166 valence electrons. The molecule has 0 aliphatic heterocycles. The van der Waals surface area contributed by atoms with E-state index in [1.165, 1.54) is 28.3 Å². The number of aromatic nitrogens is 1. The van der Waals surface area contributed by atoms with Crippen molar-refractivity contribution in [2.45, 2.75) is 80.1 Å². The molecule has 0 fully saturated rings. The first-order chi connectivity index (χ1) is 14.4. The van der Waals surface area contributed by atoms with Crippen molar-refractivity contribution in [2.24, 2.45) is 16.2 Å². The lowest BCUT2D eigenvalue weighted by molar-refractivity contribution is -0.0772. The van der Waals surface area contributed by atoms with Crippen molar-refractivity contribution in [2.75, 3.05) is 0 Å². The first kappa shape index (κ1) is 23.5. The molecule has 0 saturated carbocycles. The van der Waals surface area contributed by atoms with Gasteiger partial charge in [0.2, 0.25) is 0 Å². The van der Waals surface area contributed by atoms with E-state index in [2.05, 4.69) is 121 Å². The van der Waals surface area contributed by atoms with E-state index in [-0.39, 0.29) is 21.7 Å². The van der Waals surface area contributed by atoms with Gasteiger partial charge in [0.1, 0.15) is 0 Å². The summed E-state index contributed by atoms with van der Waals surface area (Å²) in [6.07, 6.45) is 7.46. The van der Waals surface area contributed by atoms with Crippen LogP contribution in [0.2, 0.25) is 0 Å². The molecule has 0 radical (unpaired) electrons. The van der Waals surface area contributed by atoms with Gasteiger partial charge in [-0.25, -0.2) is 0 Å². The van der Waals surface area contributed by atoms with Crippen LogP contribution in [-0.2, 0) is 11.8 Å². The molecule has 0 aliphatic carbocycles. The number of hydrogen-bond donors (Lipinski definition) is 0. The molecule has 0 N–H and O–H groups in total. The molecule has 1 aromatic heterocycles. The quantitative estimate of drug-likeness (QED) is 0.376. The van der Waals surface area contributed by atoms with Crippen LogP contribution in [0.4, 0.5) is 0 Å². The number of aryl methyl sites for hydroxylation is 1. The smallest absolute Gasteiger partial charge is 0.0346 e. The van der Waals surface area contributed by atoms with Crippen LogP contribution in [0, 0.1) is 16.2 Å². The molecule has 0 amide bonds. The van der Waals surface area contributed by atoms with E-state index in [0.29, 0.717) is 0 Å². The van der Waals surface area contributed by atoms with E-state index in [4.69, 9.17) is 0 Å². The zero-order chi connectivity index (χ0) is 22.9. The molecule has 3 aromatic rings. The monoisotopic (exact) mass is 415 g/mol. The zero-order valence-corrected chi connectivity index (χ0v) is 20.9. The lowest BCUT2D eigenvalue weighted by atomic mass is 9.44. The first-order valence-corrected chi connectivity index (χ1v) is 11.8. The van der Waals surface area contributed by atoms with Crippen LogP contribution in [0.25, 0.3) is 10.8 Å². The molecule has 0 saturated heterocycles. The number of rotatable bonds is 7. The highest BCUT2D eigenvalue weighted by atomic mass is 14.6. The van der Waals surface area contributed by atoms with Crippen LogP contribution < -0.4 is 0 Å². The van der Waals surface area contributed by atoms with Crippen LogP contribution in [0.15, 0.2) is 67.0 Å². The van der Waals surface area contributed by atoms with Gasteiger partial charge in [0.15, 0.2) is 0 Å². The van der Waals surface area contributed by atoms with E-state index in [1.54, 1.807) is 0 Å². The maximum absolute atomic E-state index is 4.50. The topological polar surface area (TPSA) is 12.9 Å². The van der Waals surface area contributed by atoms with Crippen molar-refractivity contribution in [1.29, 1.82) is 0 Å². The Morgan fingerprint density at radius 2 is 1.32 bits per heavy atom. The average molecular weight is 416 g/mol. The number of nitrogens with zero attached hydrogens (tertiary/aromatic N) is 1. The predicted octanol–water partition coefficient (Wildman–Crippen LogP) is 8.61. The number of pyridine rings is 1. The largest absolute Gasteiger partial charge is 0.264 e. The van der Waals surface area contributed by atoms with Crippen LogP contribution in [0.5, 0.6) is 0 Å². The molecule has 1 unspecified atom stereocenters. The Morgan fingerprint density at radius 1 is 0.710 bits per heavy atom. The van der Waals surface area contributed by atoms with Gasteiger partial charge < -0.3 is 0 Å². The summed E-state index contributed by atoms with van der Waals surface area (Å²) in [6.45, 7) is 19.6. The fraction of sp³-hybridized carbons (Fsp3) is 0.500. The van der Waals surface area contributed by atoms with Crippen molar-refractivity contribution in [1.82, 2.24) is 4.98 Å². The molecule has 3 rings (SSSR count). The maximum atomic E-state index is 4.50. The molecule has 1 heteroatoms. The Kier molecular flexibility index (Phi) is 6.38. The van der Waals surface area contributed by atoms with E-state index >= 15 is 0 Å². The van der Waals surface area contributed by atoms with Gasteiger partial charge in [0.25, 0.3) is 0 Å². The van der Waals surface area contributed by atoms with Crippen LogP contribution in [0.3, 0.4) is 0 Å². The van der Waals surface area contributed by atoms with Crippen LogP contribution >= 0.6 is 0 Å². The molecule has 0 bridgehead atoms. The van der Waals surface area contributed by atoms with Gasteiger partial charge in [0.05, 0.1) is 0 Å². The molecule has 1 heterocycles. The lowest BCUT2D eigenvalue weighted by Gasteiger charge is -2.60. The molecule has 31 heavy (non-hydrogen) atoms. The fourth-order valence-electron chi connectivity index (χ4n) is 5.54. The second-order valence-electron chi connectivity index (χ2n) is 11.6. The normalized spacial score (nSPS) is 15.1. The van der Waals surface area contributed by atoms with Gasteiger partial charge in [-0.1, -0.05) is 110 Å². The number of fused-ring (bicyclic) bond motifs is 1. The Bertz CT molecular complexity index is 1000. The highest BCUT2D eigenvalue weighted by Gasteiger charge is 2.55. The Morgan fingerprint density at radius 3 is 1.97 bits per heavy atom. The van der Waals surface area contributed by atoms with Crippen molar-refractivity contribution in [3.63, 3.8) is 0 Å². The van der Waals surface area contributed by atoms with Gasteiger partial charge in [-0.05, 0) is 57.4 Å². The van der Waals surface area contributed by atoms with E-state index in [9.17, 15) is 0 Å². The third kappa shape index (κ3) is 4.16. The Balaban J connectivity index is 1.90. The summed E-state index contributed by atoms with van der Waals surface area (Å²) in [4.78, 5) is 4.50. The van der Waals surface area contributed by atoms with Gasteiger partial charge in [-0.2, -0.15) is 0 Å². The zero-order valence-electron chi connectivity index (χ0n) is 20.9. The molecule has 0 spiro atoms. The summed E-state index contributed by atoms with van der Waals surface area (Å²) in [5.74, 6) is 0. The second-order valence-corrected chi connectivity index (χ2v) is 11.6. The summed E-state index contributed by atoms with van der Waals surface area (Å²) in [6, 6.07) is 19.7. The van der Waals surface area contributed by atoms with E-state index in [1.807, 2.05) is 6.20 Å². The van der Waals surface area contributed by atoms with Crippen molar-refractivity contribution in [3.05, 3.63) is 78.1 Å². The SMILES string of the molecule is CC(C)(C)C(C)(CCCc1cncc2ccccc12)C(C)(C)C(C)(C)c1ccccc1. The van der Waals surface area contributed by atoms with E-state index in [0.717, 1.165) is 12.8 Å². The summed E-state index contributed by atoms with van der Waals surface area (Å²) in [5.41, 5.74) is 3.27. The molecule has 2 aromatic carbocycles. The van der Waals surface area contributed by atoms with Crippen LogP contribution in [-0.4, -0.2) is 4.98 Å². The third-order valence-electron chi connectivity index (χ3n) is 8.97. The minimum atomic E-state index is 0.0529. The van der Waals surface area contributed by atoms with Crippen molar-refractivity contribution in [3.8, 4) is 0 Å². The highest BCUT2D eigenvalue weighted by molar-refractivity contribution is 5.84. The predicted molar refractivity (Wildman–Crippen MR) is 135 cm³/mol. The van der Waals surface area contributed by atoms with Crippen molar-refractivity contribution < 1.29 is 0 Å². The van der Waals surface area contributed by atoms with Crippen LogP contribution in [0.1, 0.15) is 79.4 Å². The van der Waals surface area contributed by atoms with Crippen molar-refractivity contribution >= 4 is 10.8 Å². The van der Waals surface area contributed by atoms with Gasteiger partial charge in [0, 0.05) is 17.8 Å². The standard InChI is InChI=1S/C30H41N/c1-27(2,3)30(8,29(6,7)28(4,5)25-17-10-9-11-18-25)20-14-16-24-22-31-21-23-15-12-13-19-26(23)24/h9-13,15,17-19,21-22H,14,16,20H2,1-8H3. The van der Waals surface area contributed by atoms with Gasteiger partial charge in [-0.3, -0.25) is 4.98 Å². The van der Waals surface area contributed by atoms with E-state index < -0.39 is 0 Å². The minimum absolute atomic E-state index is 0.0529. The fourth-order valence-corrected chi connectivity index (χ4v) is 5.54. The highest BCUT2D eigenvalue weighted by Crippen LogP contribution is 2.61. The Hall–Kier alpha value is -2.15. The number of benzene rings is 2. The molecular weight excluding hydrogens is 374 g/mol. The third-order valence-corrected chi connectivity index (χ3v) is 8.97. The lowest BCUT2D eigenvalue weighted by Crippen LogP contribution is -2.54. The molecule has 1 atom stereocenters. The van der Waals surface area contributed by atoms with Gasteiger partial charge >= 0.3 is 0 Å². The first-order valence-electron chi connectivity index (χ1n) is 11.8. The Labute approximate surface area is 190 Å². The minimum Gasteiger partial charge on any atom is -0.264 e. The summed E-state index contributed by atoms with van der Waals surface area (Å²) in [7, 11) is 0. The second kappa shape index (κ2) is 8.41. The number of hydrogen-bond acceptors (Lipinski definition) is 1.